The van der Waals surface area contributed by atoms with Crippen LogP contribution in [-0.2, 0) is 11.3 Å². The standard InChI is InChI=1S/C12H12F4N2O/c13-8-2-1-7(3-9(8)14)5-17-11(19)10-4-12(15,16)6-18-10/h1-3,10,18H,4-6H2,(H,17,19). The molecular weight excluding hydrogens is 264 g/mol. The van der Waals surface area contributed by atoms with Crippen LogP contribution in [0.5, 0.6) is 0 Å². The monoisotopic (exact) mass is 276 g/mol. The first-order valence-corrected chi connectivity index (χ1v) is 5.70. The smallest absolute Gasteiger partial charge is 0.262 e. The van der Waals surface area contributed by atoms with E-state index < -0.39 is 42.5 Å². The van der Waals surface area contributed by atoms with Crippen LogP contribution >= 0.6 is 0 Å². The molecule has 3 nitrogen and oxygen atoms in total. The quantitative estimate of drug-likeness (QED) is 0.823. The predicted octanol–water partition coefficient (Wildman–Crippen LogP) is 1.58. The van der Waals surface area contributed by atoms with Crippen molar-refractivity contribution in [2.45, 2.75) is 24.9 Å². The zero-order valence-electron chi connectivity index (χ0n) is 9.85. The molecule has 1 aliphatic rings. The summed E-state index contributed by atoms with van der Waals surface area (Å²) in [6.45, 7) is -0.573. The first kappa shape index (κ1) is 13.8. The summed E-state index contributed by atoms with van der Waals surface area (Å²) in [4.78, 5) is 11.6. The van der Waals surface area contributed by atoms with Gasteiger partial charge in [-0.05, 0) is 17.7 Å². The molecule has 2 N–H and O–H groups in total. The number of halogens is 4. The van der Waals surface area contributed by atoms with Crippen LogP contribution in [-0.4, -0.2) is 24.4 Å². The second-order valence-corrected chi connectivity index (χ2v) is 4.46. The third-order valence-corrected chi connectivity index (χ3v) is 2.88. The Hall–Kier alpha value is -1.63. The molecular formula is C12H12F4N2O. The Balaban J connectivity index is 1.88. The minimum absolute atomic E-state index is 0.0419. The zero-order valence-corrected chi connectivity index (χ0v) is 9.85. The van der Waals surface area contributed by atoms with E-state index in [2.05, 4.69) is 10.6 Å². The van der Waals surface area contributed by atoms with Gasteiger partial charge < -0.3 is 5.32 Å². The molecule has 19 heavy (non-hydrogen) atoms. The van der Waals surface area contributed by atoms with E-state index in [-0.39, 0.29) is 6.54 Å². The molecule has 1 heterocycles. The van der Waals surface area contributed by atoms with E-state index in [0.717, 1.165) is 12.1 Å². The fourth-order valence-electron chi connectivity index (χ4n) is 1.86. The Kier molecular flexibility index (Phi) is 3.75. The van der Waals surface area contributed by atoms with Crippen LogP contribution in [0.3, 0.4) is 0 Å². The minimum atomic E-state index is -2.88. The molecule has 1 aromatic carbocycles. The third-order valence-electron chi connectivity index (χ3n) is 2.88. The van der Waals surface area contributed by atoms with Gasteiger partial charge in [-0.25, -0.2) is 17.6 Å². The molecule has 0 spiro atoms. The van der Waals surface area contributed by atoms with E-state index in [1.165, 1.54) is 6.07 Å². The fraction of sp³-hybridized carbons (Fsp3) is 0.417. The average Bonchev–Trinajstić information content (AvgIpc) is 2.71. The van der Waals surface area contributed by atoms with Crippen LogP contribution in [0, 0.1) is 11.6 Å². The van der Waals surface area contributed by atoms with Crippen molar-refractivity contribution in [2.24, 2.45) is 0 Å². The molecule has 1 fully saturated rings. The normalized spacial score (nSPS) is 21.4. The molecule has 1 atom stereocenters. The number of carbonyl (C=O) groups excluding carboxylic acids is 1. The summed E-state index contributed by atoms with van der Waals surface area (Å²) in [7, 11) is 0. The van der Waals surface area contributed by atoms with Gasteiger partial charge in [0.05, 0.1) is 12.6 Å². The van der Waals surface area contributed by atoms with E-state index in [9.17, 15) is 22.4 Å². The number of carbonyl (C=O) groups is 1. The van der Waals surface area contributed by atoms with Crippen molar-refractivity contribution in [1.82, 2.24) is 10.6 Å². The molecule has 0 aliphatic carbocycles. The lowest BCUT2D eigenvalue weighted by atomic mass is 10.1. The lowest BCUT2D eigenvalue weighted by Gasteiger charge is -2.11. The van der Waals surface area contributed by atoms with Crippen LogP contribution in [0.1, 0.15) is 12.0 Å². The highest BCUT2D eigenvalue weighted by Crippen LogP contribution is 2.25. The Bertz CT molecular complexity index is 493. The topological polar surface area (TPSA) is 41.1 Å². The van der Waals surface area contributed by atoms with Gasteiger partial charge in [0.1, 0.15) is 0 Å². The maximum atomic E-state index is 12.9. The number of alkyl halides is 2. The van der Waals surface area contributed by atoms with Crippen molar-refractivity contribution in [3.05, 3.63) is 35.4 Å². The average molecular weight is 276 g/mol. The van der Waals surface area contributed by atoms with Gasteiger partial charge >= 0.3 is 0 Å². The largest absolute Gasteiger partial charge is 0.351 e. The van der Waals surface area contributed by atoms with Gasteiger partial charge in [0, 0.05) is 13.0 Å². The zero-order chi connectivity index (χ0) is 14.0. The minimum Gasteiger partial charge on any atom is -0.351 e. The van der Waals surface area contributed by atoms with Crippen LogP contribution in [0.25, 0.3) is 0 Å². The van der Waals surface area contributed by atoms with Crippen LogP contribution in [0.2, 0.25) is 0 Å². The second kappa shape index (κ2) is 5.16. The molecule has 1 saturated heterocycles. The summed E-state index contributed by atoms with van der Waals surface area (Å²) in [6.07, 6.45) is -0.559. The highest BCUT2D eigenvalue weighted by atomic mass is 19.3. The summed E-state index contributed by atoms with van der Waals surface area (Å²) >= 11 is 0. The molecule has 0 saturated carbocycles. The molecule has 1 unspecified atom stereocenters. The molecule has 1 aliphatic heterocycles. The Morgan fingerprint density at radius 1 is 1.37 bits per heavy atom. The van der Waals surface area contributed by atoms with Gasteiger partial charge in [-0.2, -0.15) is 0 Å². The summed E-state index contributed by atoms with van der Waals surface area (Å²) in [5, 5.41) is 4.81. The van der Waals surface area contributed by atoms with Gasteiger partial charge in [-0.15, -0.1) is 0 Å². The molecule has 104 valence electrons. The molecule has 1 amide bonds. The van der Waals surface area contributed by atoms with Gasteiger partial charge in [-0.1, -0.05) is 6.07 Å². The van der Waals surface area contributed by atoms with Crippen LogP contribution in [0.4, 0.5) is 17.6 Å². The maximum absolute atomic E-state index is 12.9. The van der Waals surface area contributed by atoms with Gasteiger partial charge in [0.15, 0.2) is 11.6 Å². The summed E-state index contributed by atoms with van der Waals surface area (Å²) in [5.74, 6) is -5.46. The molecule has 0 radical (unpaired) electrons. The van der Waals surface area contributed by atoms with Crippen molar-refractivity contribution >= 4 is 5.91 Å². The number of hydrogen-bond donors (Lipinski definition) is 2. The van der Waals surface area contributed by atoms with E-state index in [1.54, 1.807) is 0 Å². The highest BCUT2D eigenvalue weighted by Gasteiger charge is 2.42. The van der Waals surface area contributed by atoms with Crippen molar-refractivity contribution in [3.8, 4) is 0 Å². The Morgan fingerprint density at radius 2 is 2.11 bits per heavy atom. The Morgan fingerprint density at radius 3 is 2.68 bits per heavy atom. The number of amides is 1. The van der Waals surface area contributed by atoms with Crippen molar-refractivity contribution in [1.29, 1.82) is 0 Å². The first-order valence-electron chi connectivity index (χ1n) is 5.70. The molecule has 7 heteroatoms. The Labute approximate surface area is 107 Å². The lowest BCUT2D eigenvalue weighted by Crippen LogP contribution is -2.40. The van der Waals surface area contributed by atoms with Crippen LogP contribution in [0.15, 0.2) is 18.2 Å². The molecule has 0 bridgehead atoms. The molecule has 0 aromatic heterocycles. The maximum Gasteiger partial charge on any atom is 0.262 e. The second-order valence-electron chi connectivity index (χ2n) is 4.46. The number of nitrogens with one attached hydrogen (secondary N) is 2. The SMILES string of the molecule is O=C(NCc1ccc(F)c(F)c1)C1CC(F)(F)CN1. The number of benzene rings is 1. The van der Waals surface area contributed by atoms with Gasteiger partial charge in [-0.3, -0.25) is 10.1 Å². The van der Waals surface area contributed by atoms with E-state index in [0.29, 0.717) is 5.56 Å². The summed E-state index contributed by atoms with van der Waals surface area (Å²) in [6, 6.07) is 2.25. The van der Waals surface area contributed by atoms with Gasteiger partial charge in [0.2, 0.25) is 5.91 Å². The van der Waals surface area contributed by atoms with Crippen LogP contribution < -0.4 is 10.6 Å². The van der Waals surface area contributed by atoms with E-state index in [1.807, 2.05) is 0 Å². The summed E-state index contributed by atoms with van der Waals surface area (Å²) in [5.41, 5.74) is 0.358. The van der Waals surface area contributed by atoms with E-state index >= 15 is 0 Å². The highest BCUT2D eigenvalue weighted by molar-refractivity contribution is 5.82. The fourth-order valence-corrected chi connectivity index (χ4v) is 1.86. The van der Waals surface area contributed by atoms with Crippen molar-refractivity contribution < 1.29 is 22.4 Å². The third kappa shape index (κ3) is 3.44. The summed E-state index contributed by atoms with van der Waals surface area (Å²) < 4.78 is 51.3. The number of hydrogen-bond acceptors (Lipinski definition) is 2. The van der Waals surface area contributed by atoms with E-state index in [4.69, 9.17) is 0 Å². The molecule has 1 aromatic rings. The van der Waals surface area contributed by atoms with Gasteiger partial charge in [0.25, 0.3) is 5.92 Å². The first-order chi connectivity index (χ1) is 8.87. The number of rotatable bonds is 3. The van der Waals surface area contributed by atoms with Crippen molar-refractivity contribution in [2.75, 3.05) is 6.54 Å². The molecule has 2 rings (SSSR count). The lowest BCUT2D eigenvalue weighted by molar-refractivity contribution is -0.123. The predicted molar refractivity (Wildman–Crippen MR) is 59.6 cm³/mol. The van der Waals surface area contributed by atoms with Crippen molar-refractivity contribution in [3.63, 3.8) is 0 Å².